The predicted molar refractivity (Wildman–Crippen MR) is 85.8 cm³/mol. The van der Waals surface area contributed by atoms with Crippen LogP contribution in [0.2, 0.25) is 0 Å². The number of carbonyl (C=O) groups excluding carboxylic acids is 1. The second-order valence-corrected chi connectivity index (χ2v) is 5.91. The van der Waals surface area contributed by atoms with Gasteiger partial charge < -0.3 is 14.5 Å². The Morgan fingerprint density at radius 3 is 2.71 bits per heavy atom. The van der Waals surface area contributed by atoms with Gasteiger partial charge >= 0.3 is 5.97 Å². The molecule has 1 fully saturated rings. The molecule has 1 aliphatic rings. The fraction of sp³-hybridized carbons (Fsp3) is 0.588. The molecule has 1 aromatic rings. The summed E-state index contributed by atoms with van der Waals surface area (Å²) in [5.74, 6) is -0.148. The first-order chi connectivity index (χ1) is 10.0. The lowest BCUT2D eigenvalue weighted by molar-refractivity contribution is -0.141. The number of esters is 1. The number of ether oxygens (including phenoxy) is 1. The third-order valence-corrected chi connectivity index (χ3v) is 4.23. The average molecular weight is 290 g/mol. The minimum absolute atomic E-state index is 0.148. The fourth-order valence-corrected chi connectivity index (χ4v) is 2.85. The summed E-state index contributed by atoms with van der Waals surface area (Å²) in [4.78, 5) is 16.5. The Morgan fingerprint density at radius 1 is 1.38 bits per heavy atom. The summed E-state index contributed by atoms with van der Waals surface area (Å²) in [6.45, 7) is 8.90. The molecular weight excluding hydrogens is 264 g/mol. The molecule has 116 valence electrons. The number of likely N-dealkylation sites (tertiary alicyclic amines) is 1. The van der Waals surface area contributed by atoms with E-state index in [1.165, 1.54) is 11.1 Å². The summed E-state index contributed by atoms with van der Waals surface area (Å²) in [5.41, 5.74) is 3.65. The molecule has 1 aliphatic heterocycles. The molecule has 0 amide bonds. The number of rotatable bonds is 5. The van der Waals surface area contributed by atoms with E-state index in [2.05, 4.69) is 48.9 Å². The van der Waals surface area contributed by atoms with Gasteiger partial charge in [0, 0.05) is 18.3 Å². The molecule has 0 bridgehead atoms. The maximum Gasteiger partial charge on any atom is 0.325 e. The van der Waals surface area contributed by atoms with Crippen LogP contribution in [0.15, 0.2) is 18.2 Å². The Kier molecular flexibility index (Phi) is 5.23. The summed E-state index contributed by atoms with van der Waals surface area (Å²) in [6, 6.07) is 6.79. The quantitative estimate of drug-likeness (QED) is 0.780. The maximum absolute atomic E-state index is 11.9. The molecule has 0 aliphatic carbocycles. The molecule has 1 unspecified atom stereocenters. The van der Waals surface area contributed by atoms with Crippen molar-refractivity contribution in [3.05, 3.63) is 29.3 Å². The number of carbonyl (C=O) groups is 1. The maximum atomic E-state index is 11.9. The minimum atomic E-state index is -0.148. The van der Waals surface area contributed by atoms with E-state index < -0.39 is 0 Å². The molecule has 2 rings (SSSR count). The Labute approximate surface area is 127 Å². The van der Waals surface area contributed by atoms with Crippen LogP contribution in [0.25, 0.3) is 0 Å². The Hall–Kier alpha value is -1.55. The molecule has 0 N–H and O–H groups in total. The van der Waals surface area contributed by atoms with Gasteiger partial charge in [-0.1, -0.05) is 6.07 Å². The van der Waals surface area contributed by atoms with Crippen LogP contribution in [0.3, 0.4) is 0 Å². The zero-order valence-corrected chi connectivity index (χ0v) is 13.6. The molecule has 1 aromatic carbocycles. The summed E-state index contributed by atoms with van der Waals surface area (Å²) in [6.07, 6.45) is 1.09. The lowest BCUT2D eigenvalue weighted by Gasteiger charge is -2.30. The average Bonchev–Trinajstić information content (AvgIpc) is 2.86. The Morgan fingerprint density at radius 2 is 2.14 bits per heavy atom. The van der Waals surface area contributed by atoms with Gasteiger partial charge in [-0.05, 0) is 64.0 Å². The van der Waals surface area contributed by atoms with Crippen molar-refractivity contribution < 1.29 is 9.53 Å². The Bertz CT molecular complexity index is 502. The molecule has 0 radical (unpaired) electrons. The summed E-state index contributed by atoms with van der Waals surface area (Å²) in [5, 5.41) is 0. The normalized spacial score (nSPS) is 18.8. The first-order valence-corrected chi connectivity index (χ1v) is 7.69. The van der Waals surface area contributed by atoms with E-state index in [1.807, 2.05) is 6.92 Å². The van der Waals surface area contributed by atoms with Gasteiger partial charge in [0.05, 0.1) is 6.61 Å². The second-order valence-electron chi connectivity index (χ2n) is 5.91. The number of hydrogen-bond donors (Lipinski definition) is 0. The van der Waals surface area contributed by atoms with E-state index in [4.69, 9.17) is 4.74 Å². The summed E-state index contributed by atoms with van der Waals surface area (Å²) >= 11 is 0. The van der Waals surface area contributed by atoms with Crippen molar-refractivity contribution in [2.24, 2.45) is 0 Å². The lowest BCUT2D eigenvalue weighted by Crippen LogP contribution is -2.41. The highest BCUT2D eigenvalue weighted by molar-refractivity contribution is 5.76. The van der Waals surface area contributed by atoms with Crippen molar-refractivity contribution in [3.8, 4) is 0 Å². The first-order valence-electron chi connectivity index (χ1n) is 7.69. The molecule has 1 atom stereocenters. The van der Waals surface area contributed by atoms with Gasteiger partial charge in [0.25, 0.3) is 0 Å². The monoisotopic (exact) mass is 290 g/mol. The third kappa shape index (κ3) is 3.97. The van der Waals surface area contributed by atoms with Gasteiger partial charge in [-0.25, -0.2) is 0 Å². The number of nitrogens with zero attached hydrogens (tertiary/aromatic N) is 2. The number of hydrogen-bond acceptors (Lipinski definition) is 4. The number of benzene rings is 1. The molecule has 21 heavy (non-hydrogen) atoms. The van der Waals surface area contributed by atoms with Gasteiger partial charge in [0.2, 0.25) is 0 Å². The van der Waals surface area contributed by atoms with Crippen LogP contribution in [-0.2, 0) is 9.53 Å². The van der Waals surface area contributed by atoms with Crippen molar-refractivity contribution in [1.82, 2.24) is 4.90 Å². The van der Waals surface area contributed by atoms with Gasteiger partial charge in [-0.15, -0.1) is 0 Å². The van der Waals surface area contributed by atoms with Crippen LogP contribution in [-0.4, -0.2) is 50.2 Å². The van der Waals surface area contributed by atoms with Crippen molar-refractivity contribution in [2.45, 2.75) is 33.2 Å². The van der Waals surface area contributed by atoms with Crippen molar-refractivity contribution in [2.75, 3.05) is 38.2 Å². The molecule has 1 saturated heterocycles. The van der Waals surface area contributed by atoms with Gasteiger partial charge in [-0.2, -0.15) is 0 Å². The van der Waals surface area contributed by atoms with E-state index in [1.54, 1.807) is 0 Å². The van der Waals surface area contributed by atoms with Crippen molar-refractivity contribution in [3.63, 3.8) is 0 Å². The van der Waals surface area contributed by atoms with E-state index in [0.717, 1.165) is 25.2 Å². The smallest absolute Gasteiger partial charge is 0.325 e. The van der Waals surface area contributed by atoms with E-state index in [0.29, 0.717) is 19.2 Å². The zero-order valence-electron chi connectivity index (χ0n) is 13.6. The van der Waals surface area contributed by atoms with Crippen LogP contribution in [0.5, 0.6) is 0 Å². The SMILES string of the molecule is CCOC(=O)CN(c1ccc(C)c(C)c1)C1CCN(C)C1. The molecular formula is C17H26N2O2. The van der Waals surface area contributed by atoms with Crippen LogP contribution in [0.4, 0.5) is 5.69 Å². The van der Waals surface area contributed by atoms with Crippen LogP contribution in [0, 0.1) is 13.8 Å². The van der Waals surface area contributed by atoms with Crippen molar-refractivity contribution >= 4 is 11.7 Å². The highest BCUT2D eigenvalue weighted by Crippen LogP contribution is 2.24. The molecule has 4 nitrogen and oxygen atoms in total. The highest BCUT2D eigenvalue weighted by Gasteiger charge is 2.28. The number of likely N-dealkylation sites (N-methyl/N-ethyl adjacent to an activating group) is 1. The molecule has 4 heteroatoms. The predicted octanol–water partition coefficient (Wildman–Crippen LogP) is 2.38. The van der Waals surface area contributed by atoms with Gasteiger partial charge in [0.15, 0.2) is 0 Å². The molecule has 0 saturated carbocycles. The summed E-state index contributed by atoms with van der Waals surface area (Å²) < 4.78 is 5.14. The topological polar surface area (TPSA) is 32.8 Å². The van der Waals surface area contributed by atoms with Gasteiger partial charge in [-0.3, -0.25) is 4.79 Å². The van der Waals surface area contributed by atoms with Crippen LogP contribution >= 0.6 is 0 Å². The van der Waals surface area contributed by atoms with Crippen LogP contribution < -0.4 is 4.90 Å². The zero-order chi connectivity index (χ0) is 15.4. The minimum Gasteiger partial charge on any atom is -0.465 e. The molecule has 0 spiro atoms. The Balaban J connectivity index is 2.21. The lowest BCUT2D eigenvalue weighted by atomic mass is 10.1. The van der Waals surface area contributed by atoms with Crippen LogP contribution in [0.1, 0.15) is 24.5 Å². The van der Waals surface area contributed by atoms with E-state index in [-0.39, 0.29) is 5.97 Å². The van der Waals surface area contributed by atoms with Crippen molar-refractivity contribution in [1.29, 1.82) is 0 Å². The number of anilines is 1. The highest BCUT2D eigenvalue weighted by atomic mass is 16.5. The van der Waals surface area contributed by atoms with E-state index >= 15 is 0 Å². The second kappa shape index (κ2) is 6.94. The molecule has 1 heterocycles. The third-order valence-electron chi connectivity index (χ3n) is 4.23. The van der Waals surface area contributed by atoms with Gasteiger partial charge in [0.1, 0.15) is 6.54 Å². The largest absolute Gasteiger partial charge is 0.465 e. The number of aryl methyl sites for hydroxylation is 2. The first kappa shape index (κ1) is 15.8. The molecule has 0 aromatic heterocycles. The fourth-order valence-electron chi connectivity index (χ4n) is 2.85. The van der Waals surface area contributed by atoms with E-state index in [9.17, 15) is 4.79 Å². The summed E-state index contributed by atoms with van der Waals surface area (Å²) in [7, 11) is 2.13. The standard InChI is InChI=1S/C17H26N2O2/c1-5-21-17(20)12-19(16-8-9-18(4)11-16)15-7-6-13(2)14(3)10-15/h6-7,10,16H,5,8-9,11-12H2,1-4H3.